The largest absolute Gasteiger partial charge is 0.302 e. The second-order valence-corrected chi connectivity index (χ2v) is 8.85. The number of nitrogens with zero attached hydrogens (tertiary/aromatic N) is 6. The Hall–Kier alpha value is -3.04. The molecule has 0 saturated carbocycles. The molecular weight excluding hydrogens is 440 g/mol. The van der Waals surface area contributed by atoms with E-state index >= 15 is 0 Å². The first-order valence-electron chi connectivity index (χ1n) is 10.4. The Morgan fingerprint density at radius 3 is 2.50 bits per heavy atom. The van der Waals surface area contributed by atoms with Crippen LogP contribution in [0.1, 0.15) is 32.0 Å². The molecule has 32 heavy (non-hydrogen) atoms. The summed E-state index contributed by atoms with van der Waals surface area (Å²) in [6, 6.07) is 11.9. The van der Waals surface area contributed by atoms with E-state index in [9.17, 15) is 4.79 Å². The van der Waals surface area contributed by atoms with E-state index in [1.165, 1.54) is 16.9 Å². The second kappa shape index (κ2) is 10.1. The molecule has 7 nitrogen and oxygen atoms in total. The van der Waals surface area contributed by atoms with Crippen molar-refractivity contribution in [3.05, 3.63) is 65.4 Å². The van der Waals surface area contributed by atoms with Crippen molar-refractivity contribution in [3.63, 3.8) is 0 Å². The number of rotatable bonds is 8. The fraction of sp³-hybridized carbons (Fsp3) is 0.261. The number of thiazole rings is 1. The van der Waals surface area contributed by atoms with Gasteiger partial charge >= 0.3 is 0 Å². The quantitative estimate of drug-likeness (QED) is 0.327. The lowest BCUT2D eigenvalue weighted by molar-refractivity contribution is -0.115. The lowest BCUT2D eigenvalue weighted by atomic mass is 10.1. The SMILES string of the molecule is CCc1ccc(N(C(C)=O)c2nc(CSc3nnc(-c4ccncc4)n3CC)cs2)cc1. The van der Waals surface area contributed by atoms with Gasteiger partial charge < -0.3 is 4.57 Å². The van der Waals surface area contributed by atoms with Crippen LogP contribution in [0.25, 0.3) is 11.4 Å². The highest BCUT2D eigenvalue weighted by Crippen LogP contribution is 2.32. The summed E-state index contributed by atoms with van der Waals surface area (Å²) in [6.45, 7) is 6.52. The van der Waals surface area contributed by atoms with Gasteiger partial charge in [-0.3, -0.25) is 14.7 Å². The van der Waals surface area contributed by atoms with Crippen molar-refractivity contribution in [1.29, 1.82) is 0 Å². The number of pyridine rings is 1. The lowest BCUT2D eigenvalue weighted by Crippen LogP contribution is -2.22. The van der Waals surface area contributed by atoms with E-state index in [0.717, 1.165) is 40.9 Å². The number of anilines is 2. The van der Waals surface area contributed by atoms with Crippen molar-refractivity contribution in [2.24, 2.45) is 0 Å². The Morgan fingerprint density at radius 1 is 1.09 bits per heavy atom. The maximum absolute atomic E-state index is 12.4. The third-order valence-corrected chi connectivity index (χ3v) is 6.84. The minimum absolute atomic E-state index is 0.0597. The topological polar surface area (TPSA) is 76.8 Å². The van der Waals surface area contributed by atoms with Crippen LogP contribution in [0, 0.1) is 0 Å². The number of thioether (sulfide) groups is 1. The summed E-state index contributed by atoms with van der Waals surface area (Å²) >= 11 is 3.06. The first-order chi connectivity index (χ1) is 15.6. The lowest BCUT2D eigenvalue weighted by Gasteiger charge is -2.18. The van der Waals surface area contributed by atoms with Crippen molar-refractivity contribution in [2.75, 3.05) is 4.90 Å². The highest BCUT2D eigenvalue weighted by molar-refractivity contribution is 7.98. The Labute approximate surface area is 195 Å². The van der Waals surface area contributed by atoms with Crippen molar-refractivity contribution in [3.8, 4) is 11.4 Å². The van der Waals surface area contributed by atoms with Gasteiger partial charge in [0.05, 0.1) is 11.4 Å². The molecular formula is C23H24N6OS2. The highest BCUT2D eigenvalue weighted by Gasteiger charge is 2.19. The van der Waals surface area contributed by atoms with E-state index in [1.807, 2.05) is 41.8 Å². The van der Waals surface area contributed by atoms with E-state index in [0.29, 0.717) is 10.9 Å². The maximum Gasteiger partial charge on any atom is 0.230 e. The van der Waals surface area contributed by atoms with Crippen molar-refractivity contribution < 1.29 is 4.79 Å². The molecule has 0 unspecified atom stereocenters. The third-order valence-electron chi connectivity index (χ3n) is 4.97. The molecule has 3 aromatic heterocycles. The predicted molar refractivity (Wildman–Crippen MR) is 129 cm³/mol. The van der Waals surface area contributed by atoms with Crippen LogP contribution in [-0.2, 0) is 23.5 Å². The second-order valence-electron chi connectivity index (χ2n) is 7.07. The van der Waals surface area contributed by atoms with E-state index in [1.54, 1.807) is 36.0 Å². The molecule has 4 rings (SSSR count). The average Bonchev–Trinajstić information content (AvgIpc) is 3.45. The van der Waals surface area contributed by atoms with E-state index < -0.39 is 0 Å². The van der Waals surface area contributed by atoms with Crippen molar-refractivity contribution >= 4 is 39.8 Å². The third kappa shape index (κ3) is 4.73. The Morgan fingerprint density at radius 2 is 1.84 bits per heavy atom. The predicted octanol–water partition coefficient (Wildman–Crippen LogP) is 5.36. The number of carbonyl (C=O) groups excluding carboxylic acids is 1. The van der Waals surface area contributed by atoms with Gasteiger partial charge in [-0.2, -0.15) is 0 Å². The number of hydrogen-bond donors (Lipinski definition) is 0. The number of benzene rings is 1. The van der Waals surface area contributed by atoms with E-state index in [4.69, 9.17) is 4.98 Å². The minimum atomic E-state index is -0.0597. The molecule has 164 valence electrons. The minimum Gasteiger partial charge on any atom is -0.302 e. The smallest absolute Gasteiger partial charge is 0.230 e. The molecule has 0 fully saturated rings. The van der Waals surface area contributed by atoms with Gasteiger partial charge in [0.2, 0.25) is 5.91 Å². The fourth-order valence-corrected chi connectivity index (χ4v) is 5.19. The molecule has 0 aliphatic rings. The van der Waals surface area contributed by atoms with Gasteiger partial charge in [-0.15, -0.1) is 21.5 Å². The standard InChI is InChI=1S/C23H24N6OS2/c1-4-17-6-8-20(9-7-17)29(16(3)30)22-25-19(14-31-22)15-32-23-27-26-21(28(23)5-2)18-10-12-24-13-11-18/h6-14H,4-5,15H2,1-3H3. The zero-order valence-corrected chi connectivity index (χ0v) is 19.9. The van der Waals surface area contributed by atoms with Crippen LogP contribution >= 0.6 is 23.1 Å². The van der Waals surface area contributed by atoms with Gasteiger partial charge in [-0.05, 0) is 43.2 Å². The van der Waals surface area contributed by atoms with Gasteiger partial charge in [0, 0.05) is 42.6 Å². The Balaban J connectivity index is 1.51. The summed E-state index contributed by atoms with van der Waals surface area (Å²) < 4.78 is 2.09. The summed E-state index contributed by atoms with van der Waals surface area (Å²) in [5.74, 6) is 1.41. The number of aromatic nitrogens is 5. The average molecular weight is 465 g/mol. The van der Waals surface area contributed by atoms with Gasteiger partial charge in [0.25, 0.3) is 0 Å². The molecule has 0 aliphatic carbocycles. The van der Waals surface area contributed by atoms with E-state index in [-0.39, 0.29) is 5.91 Å². The van der Waals surface area contributed by atoms with Crippen molar-refractivity contribution in [2.45, 2.75) is 44.6 Å². The summed E-state index contributed by atoms with van der Waals surface area (Å²) in [6.07, 6.45) is 4.47. The highest BCUT2D eigenvalue weighted by atomic mass is 32.2. The van der Waals surface area contributed by atoms with Gasteiger partial charge in [0.1, 0.15) is 0 Å². The molecule has 0 atom stereocenters. The molecule has 1 amide bonds. The van der Waals surface area contributed by atoms with Crippen LogP contribution in [0.5, 0.6) is 0 Å². The van der Waals surface area contributed by atoms with Gasteiger partial charge in [-0.1, -0.05) is 30.8 Å². The summed E-state index contributed by atoms with van der Waals surface area (Å²) in [7, 11) is 0. The van der Waals surface area contributed by atoms with Crippen LogP contribution in [0.3, 0.4) is 0 Å². The molecule has 0 N–H and O–H groups in total. The maximum atomic E-state index is 12.4. The van der Waals surface area contributed by atoms with Crippen LogP contribution in [0.4, 0.5) is 10.8 Å². The van der Waals surface area contributed by atoms with Crippen LogP contribution in [0.15, 0.2) is 59.3 Å². The number of carbonyl (C=O) groups is 1. The monoisotopic (exact) mass is 464 g/mol. The molecule has 1 aromatic carbocycles. The number of amides is 1. The first-order valence-corrected chi connectivity index (χ1v) is 12.3. The summed E-state index contributed by atoms with van der Waals surface area (Å²) in [4.78, 5) is 22.8. The Bertz CT molecular complexity index is 1190. The summed E-state index contributed by atoms with van der Waals surface area (Å²) in [5, 5.41) is 12.3. The molecule has 4 aromatic rings. The molecule has 3 heterocycles. The van der Waals surface area contributed by atoms with Crippen LogP contribution in [-0.4, -0.2) is 30.6 Å². The van der Waals surface area contributed by atoms with Crippen molar-refractivity contribution in [1.82, 2.24) is 24.7 Å². The molecule has 0 spiro atoms. The zero-order valence-electron chi connectivity index (χ0n) is 18.2. The molecule has 0 aliphatic heterocycles. The van der Waals surface area contributed by atoms with E-state index in [2.05, 4.69) is 33.6 Å². The summed E-state index contributed by atoms with van der Waals surface area (Å²) in [5.41, 5.74) is 3.96. The van der Waals surface area contributed by atoms with Gasteiger partial charge in [-0.25, -0.2) is 4.98 Å². The van der Waals surface area contributed by atoms with Crippen LogP contribution in [0.2, 0.25) is 0 Å². The molecule has 0 saturated heterocycles. The van der Waals surface area contributed by atoms with Crippen LogP contribution < -0.4 is 4.90 Å². The molecule has 0 radical (unpaired) electrons. The molecule has 0 bridgehead atoms. The van der Waals surface area contributed by atoms with Gasteiger partial charge in [0.15, 0.2) is 16.1 Å². The fourth-order valence-electron chi connectivity index (χ4n) is 3.31. The number of aryl methyl sites for hydroxylation is 1. The number of hydrogen-bond acceptors (Lipinski definition) is 7. The zero-order chi connectivity index (χ0) is 22.5. The first kappa shape index (κ1) is 22.2. The normalized spacial score (nSPS) is 11.0. The molecule has 9 heteroatoms. The Kier molecular flexibility index (Phi) is 6.96.